The molecule has 0 aromatic heterocycles. The lowest BCUT2D eigenvalue weighted by Gasteiger charge is -2.35. The fraction of sp³-hybridized carbons (Fsp3) is 0.333. The number of hydrogen-bond donors (Lipinski definition) is 1. The van der Waals surface area contributed by atoms with Gasteiger partial charge in [0.25, 0.3) is 0 Å². The number of halogens is 5. The number of alkyl halides is 3. The van der Waals surface area contributed by atoms with Gasteiger partial charge in [0.2, 0.25) is 0 Å². The lowest BCUT2D eigenvalue weighted by atomic mass is 9.96. The first-order valence-corrected chi connectivity index (χ1v) is 8.47. The number of hydrogen-bond acceptors (Lipinski definition) is 3. The van der Waals surface area contributed by atoms with E-state index in [1.54, 1.807) is 18.2 Å². The van der Waals surface area contributed by atoms with Crippen molar-refractivity contribution in [1.82, 2.24) is 10.2 Å². The molecule has 0 saturated carbocycles. The van der Waals surface area contributed by atoms with Crippen molar-refractivity contribution in [2.45, 2.75) is 12.4 Å². The Kier molecular flexibility index (Phi) is 5.70. The number of nitrogens with one attached hydrogen (secondary N) is 1. The van der Waals surface area contributed by atoms with Crippen LogP contribution in [0.5, 0.6) is 5.75 Å². The Morgan fingerprint density at radius 3 is 2.19 bits per heavy atom. The highest BCUT2D eigenvalue weighted by molar-refractivity contribution is 6.30. The van der Waals surface area contributed by atoms with E-state index in [1.165, 1.54) is 24.3 Å². The molecule has 1 N–H and O–H groups in total. The van der Waals surface area contributed by atoms with E-state index in [4.69, 9.17) is 11.6 Å². The molecule has 26 heavy (non-hydrogen) atoms. The summed E-state index contributed by atoms with van der Waals surface area (Å²) in [6, 6.07) is 9.98. The van der Waals surface area contributed by atoms with Crippen LogP contribution in [0.3, 0.4) is 0 Å². The van der Waals surface area contributed by atoms with Gasteiger partial charge in [0, 0.05) is 26.2 Å². The summed E-state index contributed by atoms with van der Waals surface area (Å²) >= 11 is 5.78. The van der Waals surface area contributed by atoms with E-state index in [-0.39, 0.29) is 16.8 Å². The molecular weight excluding hydrogens is 372 g/mol. The van der Waals surface area contributed by atoms with Gasteiger partial charge in [-0.2, -0.15) is 0 Å². The SMILES string of the molecule is Fc1cc([C@@H](c2ccc(OC(F)(F)F)cc2)N2CCNCC2)ccc1Cl. The molecule has 0 aliphatic carbocycles. The van der Waals surface area contributed by atoms with Crippen molar-refractivity contribution in [3.63, 3.8) is 0 Å². The smallest absolute Gasteiger partial charge is 0.406 e. The van der Waals surface area contributed by atoms with E-state index in [0.717, 1.165) is 31.7 Å². The minimum Gasteiger partial charge on any atom is -0.406 e. The Morgan fingerprint density at radius 1 is 1.00 bits per heavy atom. The fourth-order valence-corrected chi connectivity index (χ4v) is 3.21. The minimum atomic E-state index is -4.74. The van der Waals surface area contributed by atoms with Crippen molar-refractivity contribution in [3.8, 4) is 5.75 Å². The van der Waals surface area contributed by atoms with Gasteiger partial charge < -0.3 is 10.1 Å². The summed E-state index contributed by atoms with van der Waals surface area (Å²) in [4.78, 5) is 2.15. The number of nitrogens with zero attached hydrogens (tertiary/aromatic N) is 1. The highest BCUT2D eigenvalue weighted by atomic mass is 35.5. The van der Waals surface area contributed by atoms with E-state index in [1.807, 2.05) is 0 Å². The molecule has 3 nitrogen and oxygen atoms in total. The Bertz CT molecular complexity index is 746. The summed E-state index contributed by atoms with van der Waals surface area (Å²) in [6.45, 7) is 3.02. The predicted octanol–water partition coefficient (Wildman–Crippen LogP) is 4.37. The van der Waals surface area contributed by atoms with Crippen molar-refractivity contribution in [2.75, 3.05) is 26.2 Å². The molecule has 8 heteroatoms. The molecule has 1 fully saturated rings. The second-order valence-corrected chi connectivity index (χ2v) is 6.39. The molecule has 1 aliphatic rings. The molecule has 0 bridgehead atoms. The summed E-state index contributed by atoms with van der Waals surface area (Å²) in [7, 11) is 0. The number of rotatable bonds is 4. The molecule has 2 aromatic rings. The van der Waals surface area contributed by atoms with Crippen molar-refractivity contribution < 1.29 is 22.3 Å². The summed E-state index contributed by atoms with van der Waals surface area (Å²) < 4.78 is 54.9. The van der Waals surface area contributed by atoms with Crippen LogP contribution in [0.4, 0.5) is 17.6 Å². The van der Waals surface area contributed by atoms with Gasteiger partial charge in [0.05, 0.1) is 11.1 Å². The first-order chi connectivity index (χ1) is 12.3. The van der Waals surface area contributed by atoms with E-state index < -0.39 is 12.2 Å². The maximum atomic E-state index is 14.0. The summed E-state index contributed by atoms with van der Waals surface area (Å²) in [5.41, 5.74) is 1.45. The van der Waals surface area contributed by atoms with Crippen LogP contribution in [0.2, 0.25) is 5.02 Å². The molecule has 1 aliphatic heterocycles. The monoisotopic (exact) mass is 388 g/mol. The largest absolute Gasteiger partial charge is 0.573 e. The lowest BCUT2D eigenvalue weighted by Crippen LogP contribution is -2.45. The number of benzene rings is 2. The van der Waals surface area contributed by atoms with Gasteiger partial charge in [0.1, 0.15) is 11.6 Å². The predicted molar refractivity (Wildman–Crippen MR) is 90.8 cm³/mol. The summed E-state index contributed by atoms with van der Waals surface area (Å²) in [5, 5.41) is 3.28. The van der Waals surface area contributed by atoms with Gasteiger partial charge in [-0.1, -0.05) is 29.8 Å². The molecule has 1 atom stereocenters. The molecule has 0 spiro atoms. The molecule has 0 radical (unpaired) electrons. The van der Waals surface area contributed by atoms with E-state index in [0.29, 0.717) is 5.56 Å². The fourth-order valence-electron chi connectivity index (χ4n) is 3.09. The zero-order valence-corrected chi connectivity index (χ0v) is 14.4. The number of piperazine rings is 1. The average Bonchev–Trinajstić information content (AvgIpc) is 2.59. The first kappa shape index (κ1) is 18.9. The van der Waals surface area contributed by atoms with E-state index in [9.17, 15) is 17.6 Å². The van der Waals surface area contributed by atoms with Gasteiger partial charge >= 0.3 is 6.36 Å². The molecule has 0 unspecified atom stereocenters. The van der Waals surface area contributed by atoms with Crippen LogP contribution in [0.1, 0.15) is 17.2 Å². The summed E-state index contributed by atoms with van der Waals surface area (Å²) in [6.07, 6.45) is -4.74. The van der Waals surface area contributed by atoms with Gasteiger partial charge in [-0.25, -0.2) is 4.39 Å². The third-order valence-corrected chi connectivity index (χ3v) is 4.51. The maximum absolute atomic E-state index is 14.0. The molecular formula is C18H17ClF4N2O. The highest BCUT2D eigenvalue weighted by Crippen LogP contribution is 2.32. The van der Waals surface area contributed by atoms with Crippen molar-refractivity contribution >= 4 is 11.6 Å². The van der Waals surface area contributed by atoms with Crippen LogP contribution in [0, 0.1) is 5.82 Å². The molecule has 140 valence electrons. The average molecular weight is 389 g/mol. The summed E-state index contributed by atoms with van der Waals surface area (Å²) in [5.74, 6) is -0.816. The van der Waals surface area contributed by atoms with Crippen LogP contribution in [-0.2, 0) is 0 Å². The minimum absolute atomic E-state index is 0.0294. The maximum Gasteiger partial charge on any atom is 0.573 e. The molecule has 0 amide bonds. The molecule has 3 rings (SSSR count). The topological polar surface area (TPSA) is 24.5 Å². The lowest BCUT2D eigenvalue weighted by molar-refractivity contribution is -0.274. The third kappa shape index (κ3) is 4.66. The van der Waals surface area contributed by atoms with Gasteiger partial charge in [-0.15, -0.1) is 13.2 Å². The number of ether oxygens (including phenoxy) is 1. The van der Waals surface area contributed by atoms with Crippen LogP contribution in [-0.4, -0.2) is 37.4 Å². The second kappa shape index (κ2) is 7.82. The Balaban J connectivity index is 1.93. The van der Waals surface area contributed by atoms with Crippen LogP contribution in [0.15, 0.2) is 42.5 Å². The van der Waals surface area contributed by atoms with Gasteiger partial charge in [-0.05, 0) is 35.4 Å². The van der Waals surface area contributed by atoms with Gasteiger partial charge in [0.15, 0.2) is 0 Å². The zero-order valence-electron chi connectivity index (χ0n) is 13.7. The zero-order chi connectivity index (χ0) is 18.7. The van der Waals surface area contributed by atoms with Crippen molar-refractivity contribution in [1.29, 1.82) is 0 Å². The van der Waals surface area contributed by atoms with Gasteiger partial charge in [-0.3, -0.25) is 4.90 Å². The Morgan fingerprint density at radius 2 is 1.62 bits per heavy atom. The van der Waals surface area contributed by atoms with Crippen LogP contribution >= 0.6 is 11.6 Å². The quantitative estimate of drug-likeness (QED) is 0.787. The van der Waals surface area contributed by atoms with E-state index >= 15 is 0 Å². The second-order valence-electron chi connectivity index (χ2n) is 5.98. The molecule has 2 aromatic carbocycles. The standard InChI is InChI=1S/C18H17ClF4N2O/c19-15-6-3-13(11-16(15)20)17(25-9-7-24-8-10-25)12-1-4-14(5-2-12)26-18(21,22)23/h1-6,11,17,24H,7-10H2/t17-/m1/s1. The van der Waals surface area contributed by atoms with Crippen molar-refractivity contribution in [3.05, 3.63) is 64.4 Å². The third-order valence-electron chi connectivity index (χ3n) is 4.21. The molecule has 1 heterocycles. The normalized spacial score (nSPS) is 17.1. The highest BCUT2D eigenvalue weighted by Gasteiger charge is 2.31. The van der Waals surface area contributed by atoms with Crippen LogP contribution in [0.25, 0.3) is 0 Å². The molecule has 1 saturated heterocycles. The van der Waals surface area contributed by atoms with Crippen molar-refractivity contribution in [2.24, 2.45) is 0 Å². The first-order valence-electron chi connectivity index (χ1n) is 8.09. The van der Waals surface area contributed by atoms with Crippen LogP contribution < -0.4 is 10.1 Å². The Hall–Kier alpha value is -1.83. The Labute approximate surface area is 153 Å². The van der Waals surface area contributed by atoms with E-state index in [2.05, 4.69) is 15.0 Å².